The van der Waals surface area contributed by atoms with Gasteiger partial charge < -0.3 is 19.5 Å². The van der Waals surface area contributed by atoms with Gasteiger partial charge in [0.25, 0.3) is 5.91 Å². The molecule has 0 unspecified atom stereocenters. The lowest BCUT2D eigenvalue weighted by molar-refractivity contribution is 0.0738. The summed E-state index contributed by atoms with van der Waals surface area (Å²) in [6, 6.07) is 4.70. The van der Waals surface area contributed by atoms with Gasteiger partial charge in [-0.1, -0.05) is 0 Å². The van der Waals surface area contributed by atoms with E-state index in [-0.39, 0.29) is 11.7 Å². The molecule has 98 valence electrons. The SMILES string of the molecule is COc1ccc(C(=O)N2CCCOCC2)c(O)c1. The predicted molar refractivity (Wildman–Crippen MR) is 66.0 cm³/mol. The number of ether oxygens (including phenoxy) is 2. The number of benzene rings is 1. The highest BCUT2D eigenvalue weighted by Gasteiger charge is 2.20. The fourth-order valence-corrected chi connectivity index (χ4v) is 1.94. The molecule has 0 aliphatic carbocycles. The molecule has 0 aromatic heterocycles. The summed E-state index contributed by atoms with van der Waals surface area (Å²) in [6.07, 6.45) is 0.822. The third-order valence-corrected chi connectivity index (χ3v) is 2.94. The van der Waals surface area contributed by atoms with E-state index in [1.165, 1.54) is 13.2 Å². The van der Waals surface area contributed by atoms with Gasteiger partial charge in [0.2, 0.25) is 0 Å². The van der Waals surface area contributed by atoms with E-state index in [4.69, 9.17) is 9.47 Å². The first kappa shape index (κ1) is 12.7. The van der Waals surface area contributed by atoms with Crippen LogP contribution in [0.3, 0.4) is 0 Å². The van der Waals surface area contributed by atoms with E-state index in [0.717, 1.165) is 6.42 Å². The number of nitrogens with zero attached hydrogens (tertiary/aromatic N) is 1. The van der Waals surface area contributed by atoms with Crippen molar-refractivity contribution in [3.63, 3.8) is 0 Å². The average molecular weight is 251 g/mol. The lowest BCUT2D eigenvalue weighted by atomic mass is 10.1. The minimum absolute atomic E-state index is 0.0514. The summed E-state index contributed by atoms with van der Waals surface area (Å²) in [7, 11) is 1.52. The summed E-state index contributed by atoms with van der Waals surface area (Å²) in [5.74, 6) is 0.313. The Morgan fingerprint density at radius 3 is 2.94 bits per heavy atom. The predicted octanol–water partition coefficient (Wildman–Crippen LogP) is 1.26. The Kier molecular flexibility index (Phi) is 4.04. The molecule has 0 bridgehead atoms. The van der Waals surface area contributed by atoms with E-state index in [0.29, 0.717) is 37.6 Å². The van der Waals surface area contributed by atoms with Crippen molar-refractivity contribution >= 4 is 5.91 Å². The van der Waals surface area contributed by atoms with Gasteiger partial charge in [-0.3, -0.25) is 4.79 Å². The quantitative estimate of drug-likeness (QED) is 0.859. The summed E-state index contributed by atoms with van der Waals surface area (Å²) in [5, 5.41) is 9.84. The van der Waals surface area contributed by atoms with Crippen molar-refractivity contribution in [1.29, 1.82) is 0 Å². The maximum absolute atomic E-state index is 12.2. The molecule has 1 aromatic rings. The van der Waals surface area contributed by atoms with Crippen LogP contribution in [0.5, 0.6) is 11.5 Å². The summed E-state index contributed by atoms with van der Waals surface area (Å²) in [5.41, 5.74) is 0.303. The molecular weight excluding hydrogens is 234 g/mol. The highest BCUT2D eigenvalue weighted by molar-refractivity contribution is 5.97. The van der Waals surface area contributed by atoms with Crippen molar-refractivity contribution in [2.75, 3.05) is 33.4 Å². The molecule has 2 rings (SSSR count). The first-order valence-electron chi connectivity index (χ1n) is 5.96. The Morgan fingerprint density at radius 1 is 1.39 bits per heavy atom. The van der Waals surface area contributed by atoms with Gasteiger partial charge in [0.1, 0.15) is 11.5 Å². The van der Waals surface area contributed by atoms with Crippen molar-refractivity contribution in [1.82, 2.24) is 4.90 Å². The van der Waals surface area contributed by atoms with Gasteiger partial charge in [-0.15, -0.1) is 0 Å². The summed E-state index contributed by atoms with van der Waals surface area (Å²) in [6.45, 7) is 2.44. The molecule has 0 atom stereocenters. The molecule has 1 aliphatic heterocycles. The van der Waals surface area contributed by atoms with Crippen LogP contribution in [0.15, 0.2) is 18.2 Å². The molecule has 1 amide bonds. The largest absolute Gasteiger partial charge is 0.507 e. The minimum Gasteiger partial charge on any atom is -0.507 e. The van der Waals surface area contributed by atoms with E-state index in [9.17, 15) is 9.90 Å². The van der Waals surface area contributed by atoms with Crippen LogP contribution in [0.1, 0.15) is 16.8 Å². The Morgan fingerprint density at radius 2 is 2.22 bits per heavy atom. The second-order valence-corrected chi connectivity index (χ2v) is 4.14. The molecule has 1 aliphatic rings. The molecule has 1 heterocycles. The van der Waals surface area contributed by atoms with Crippen LogP contribution in [0.25, 0.3) is 0 Å². The van der Waals surface area contributed by atoms with Gasteiger partial charge >= 0.3 is 0 Å². The molecule has 18 heavy (non-hydrogen) atoms. The van der Waals surface area contributed by atoms with Gasteiger partial charge in [-0.25, -0.2) is 0 Å². The fourth-order valence-electron chi connectivity index (χ4n) is 1.94. The number of methoxy groups -OCH3 is 1. The van der Waals surface area contributed by atoms with Crippen LogP contribution >= 0.6 is 0 Å². The summed E-state index contributed by atoms with van der Waals surface area (Å²) < 4.78 is 10.3. The van der Waals surface area contributed by atoms with E-state index >= 15 is 0 Å². The zero-order chi connectivity index (χ0) is 13.0. The first-order chi connectivity index (χ1) is 8.72. The van der Waals surface area contributed by atoms with E-state index in [1.807, 2.05) is 0 Å². The van der Waals surface area contributed by atoms with Gasteiger partial charge in [-0.05, 0) is 18.6 Å². The van der Waals surface area contributed by atoms with Crippen LogP contribution in [0.2, 0.25) is 0 Å². The monoisotopic (exact) mass is 251 g/mol. The lowest BCUT2D eigenvalue weighted by Gasteiger charge is -2.20. The number of hydrogen-bond acceptors (Lipinski definition) is 4. The van der Waals surface area contributed by atoms with Crippen molar-refractivity contribution in [3.05, 3.63) is 23.8 Å². The van der Waals surface area contributed by atoms with Crippen LogP contribution in [0, 0.1) is 0 Å². The second kappa shape index (κ2) is 5.73. The van der Waals surface area contributed by atoms with Crippen LogP contribution < -0.4 is 4.74 Å². The summed E-state index contributed by atoms with van der Waals surface area (Å²) in [4.78, 5) is 13.9. The standard InChI is InChI=1S/C13H17NO4/c1-17-10-3-4-11(12(15)9-10)13(16)14-5-2-7-18-8-6-14/h3-4,9,15H,2,5-8H2,1H3. The second-order valence-electron chi connectivity index (χ2n) is 4.14. The Bertz CT molecular complexity index is 425. The maximum atomic E-state index is 12.2. The van der Waals surface area contributed by atoms with Crippen molar-refractivity contribution in [3.8, 4) is 11.5 Å². The van der Waals surface area contributed by atoms with Crippen molar-refractivity contribution < 1.29 is 19.4 Å². The van der Waals surface area contributed by atoms with Crippen molar-refractivity contribution in [2.24, 2.45) is 0 Å². The number of amides is 1. The zero-order valence-corrected chi connectivity index (χ0v) is 10.4. The minimum atomic E-state index is -0.166. The third kappa shape index (κ3) is 2.73. The molecular formula is C13H17NO4. The number of hydrogen-bond donors (Lipinski definition) is 1. The number of phenols is 1. The normalized spacial score (nSPS) is 16.2. The van der Waals surface area contributed by atoms with Crippen LogP contribution in [0.4, 0.5) is 0 Å². The number of carbonyl (C=O) groups excluding carboxylic acids is 1. The number of carbonyl (C=O) groups is 1. The Labute approximate surface area is 106 Å². The van der Waals surface area contributed by atoms with Gasteiger partial charge in [-0.2, -0.15) is 0 Å². The third-order valence-electron chi connectivity index (χ3n) is 2.94. The molecule has 1 aromatic carbocycles. The topological polar surface area (TPSA) is 59.0 Å². The number of rotatable bonds is 2. The van der Waals surface area contributed by atoms with Crippen LogP contribution in [-0.2, 0) is 4.74 Å². The van der Waals surface area contributed by atoms with Gasteiger partial charge in [0, 0.05) is 25.8 Å². The fraction of sp³-hybridized carbons (Fsp3) is 0.462. The van der Waals surface area contributed by atoms with E-state index in [1.54, 1.807) is 17.0 Å². The highest BCUT2D eigenvalue weighted by Crippen LogP contribution is 2.24. The van der Waals surface area contributed by atoms with Gasteiger partial charge in [0.05, 0.1) is 19.3 Å². The first-order valence-corrected chi connectivity index (χ1v) is 5.96. The molecule has 1 saturated heterocycles. The lowest BCUT2D eigenvalue weighted by Crippen LogP contribution is -2.33. The molecule has 1 N–H and O–H groups in total. The highest BCUT2D eigenvalue weighted by atomic mass is 16.5. The smallest absolute Gasteiger partial charge is 0.257 e. The summed E-state index contributed by atoms with van der Waals surface area (Å²) >= 11 is 0. The van der Waals surface area contributed by atoms with E-state index in [2.05, 4.69) is 0 Å². The average Bonchev–Trinajstić information content (AvgIpc) is 2.66. The molecule has 1 fully saturated rings. The number of phenolic OH excluding ortho intramolecular Hbond substituents is 1. The zero-order valence-electron chi connectivity index (χ0n) is 10.4. The molecule has 0 spiro atoms. The molecule has 0 saturated carbocycles. The molecule has 0 radical (unpaired) electrons. The molecule has 5 heteroatoms. The number of aromatic hydroxyl groups is 1. The maximum Gasteiger partial charge on any atom is 0.257 e. The Hall–Kier alpha value is -1.75. The molecule has 5 nitrogen and oxygen atoms in total. The van der Waals surface area contributed by atoms with Gasteiger partial charge in [0.15, 0.2) is 0 Å². The van der Waals surface area contributed by atoms with Crippen LogP contribution in [-0.4, -0.2) is 49.3 Å². The van der Waals surface area contributed by atoms with E-state index < -0.39 is 0 Å². The Balaban J connectivity index is 2.16. The van der Waals surface area contributed by atoms with Crippen molar-refractivity contribution in [2.45, 2.75) is 6.42 Å².